The molecule has 2 aromatic rings. The van der Waals surface area contributed by atoms with E-state index >= 15 is 0 Å². The number of rotatable bonds is 8. The van der Waals surface area contributed by atoms with E-state index < -0.39 is 0 Å². The van der Waals surface area contributed by atoms with Crippen molar-refractivity contribution in [3.05, 3.63) is 40.1 Å². The van der Waals surface area contributed by atoms with Gasteiger partial charge in [-0.05, 0) is 47.8 Å². The van der Waals surface area contributed by atoms with Crippen LogP contribution in [0.5, 0.6) is 0 Å². The van der Waals surface area contributed by atoms with Crippen LogP contribution < -0.4 is 10.6 Å². The maximum absolute atomic E-state index is 12.4. The van der Waals surface area contributed by atoms with Crippen LogP contribution in [0.15, 0.2) is 33.9 Å². The van der Waals surface area contributed by atoms with Crippen molar-refractivity contribution >= 4 is 39.5 Å². The molecule has 1 saturated carbocycles. The second-order valence-corrected chi connectivity index (χ2v) is 8.79. The Balaban J connectivity index is 1.53. The van der Waals surface area contributed by atoms with Gasteiger partial charge in [0.25, 0.3) is 5.91 Å². The normalized spacial score (nSPS) is 14.6. The summed E-state index contributed by atoms with van der Waals surface area (Å²) >= 11 is 4.77. The van der Waals surface area contributed by atoms with E-state index in [0.717, 1.165) is 17.3 Å². The molecule has 9 heteroatoms. The second-order valence-electron chi connectivity index (χ2n) is 7.00. The number of halogens is 1. The number of nitrogens with one attached hydrogen (secondary N) is 2. The average Bonchev–Trinajstić information content (AvgIpc) is 3.13. The minimum atomic E-state index is -0.177. The van der Waals surface area contributed by atoms with Gasteiger partial charge in [0.1, 0.15) is 0 Å². The molecule has 1 heterocycles. The third-order valence-corrected chi connectivity index (χ3v) is 6.60. The number of hydrogen-bond acceptors (Lipinski definition) is 5. The molecule has 29 heavy (non-hydrogen) atoms. The number of carbonyl (C=O) groups excluding carboxylic acids is 2. The summed E-state index contributed by atoms with van der Waals surface area (Å²) in [7, 11) is 0. The summed E-state index contributed by atoms with van der Waals surface area (Å²) in [6.45, 7) is 2.93. The highest BCUT2D eigenvalue weighted by Crippen LogP contribution is 2.20. The maximum atomic E-state index is 12.4. The number of amides is 2. The van der Waals surface area contributed by atoms with Gasteiger partial charge in [0.05, 0.1) is 17.9 Å². The topological polar surface area (TPSA) is 88.9 Å². The first-order chi connectivity index (χ1) is 14.1. The van der Waals surface area contributed by atoms with E-state index in [9.17, 15) is 9.59 Å². The zero-order valence-electron chi connectivity index (χ0n) is 16.5. The number of nitrogens with zero attached hydrogens (tertiary/aromatic N) is 3. The van der Waals surface area contributed by atoms with E-state index in [1.807, 2.05) is 29.7 Å². The van der Waals surface area contributed by atoms with E-state index in [-0.39, 0.29) is 18.4 Å². The van der Waals surface area contributed by atoms with Gasteiger partial charge in [-0.1, -0.05) is 43.2 Å². The van der Waals surface area contributed by atoms with Crippen LogP contribution in [0.1, 0.15) is 55.2 Å². The molecule has 2 amide bonds. The lowest BCUT2D eigenvalue weighted by Crippen LogP contribution is -2.37. The molecule has 0 saturated heterocycles. The average molecular weight is 480 g/mol. The molecular weight excluding hydrogens is 454 g/mol. The van der Waals surface area contributed by atoms with Crippen LogP contribution in [-0.2, 0) is 17.9 Å². The third kappa shape index (κ3) is 6.05. The van der Waals surface area contributed by atoms with Crippen molar-refractivity contribution in [2.45, 2.75) is 63.3 Å². The van der Waals surface area contributed by atoms with Crippen molar-refractivity contribution in [2.24, 2.45) is 0 Å². The fourth-order valence-corrected chi connectivity index (χ4v) is 4.72. The molecule has 0 atom stereocenters. The zero-order chi connectivity index (χ0) is 20.6. The smallest absolute Gasteiger partial charge is 0.252 e. The van der Waals surface area contributed by atoms with Gasteiger partial charge in [0.2, 0.25) is 5.91 Å². The van der Waals surface area contributed by atoms with Gasteiger partial charge in [0, 0.05) is 17.1 Å². The van der Waals surface area contributed by atoms with Crippen molar-refractivity contribution in [1.82, 2.24) is 25.4 Å². The van der Waals surface area contributed by atoms with Gasteiger partial charge in [-0.25, -0.2) is 0 Å². The highest BCUT2D eigenvalue weighted by molar-refractivity contribution is 9.10. The fraction of sp³-hybridized carbons (Fsp3) is 0.500. The molecule has 0 bridgehead atoms. The van der Waals surface area contributed by atoms with Gasteiger partial charge in [0.15, 0.2) is 11.0 Å². The van der Waals surface area contributed by atoms with E-state index in [1.165, 1.54) is 31.0 Å². The van der Waals surface area contributed by atoms with E-state index in [1.54, 1.807) is 6.07 Å². The molecule has 0 unspecified atom stereocenters. The highest BCUT2D eigenvalue weighted by atomic mass is 79.9. The molecule has 156 valence electrons. The van der Waals surface area contributed by atoms with Crippen LogP contribution >= 0.6 is 27.7 Å². The predicted molar refractivity (Wildman–Crippen MR) is 117 cm³/mol. The monoisotopic (exact) mass is 479 g/mol. The molecule has 0 radical (unpaired) electrons. The van der Waals surface area contributed by atoms with Crippen molar-refractivity contribution in [1.29, 1.82) is 0 Å². The lowest BCUT2D eigenvalue weighted by Gasteiger charge is -2.22. The summed E-state index contributed by atoms with van der Waals surface area (Å²) in [5, 5.41) is 15.1. The summed E-state index contributed by atoms with van der Waals surface area (Å²) in [4.78, 5) is 24.6. The Labute approximate surface area is 183 Å². The molecule has 2 N–H and O–H groups in total. The minimum Gasteiger partial charge on any atom is -0.353 e. The highest BCUT2D eigenvalue weighted by Gasteiger charge is 2.18. The molecule has 1 aliphatic rings. The Bertz CT molecular complexity index is 851. The van der Waals surface area contributed by atoms with Crippen molar-refractivity contribution in [2.75, 3.05) is 5.75 Å². The largest absolute Gasteiger partial charge is 0.353 e. The number of aromatic nitrogens is 3. The minimum absolute atomic E-state index is 0.0383. The SMILES string of the molecule is CCn1c(CNC(=O)c2ccccc2Br)nnc1SCC(=O)NC1CCCCC1. The van der Waals surface area contributed by atoms with Crippen LogP contribution in [0.3, 0.4) is 0 Å². The van der Waals surface area contributed by atoms with Crippen LogP contribution in [0.2, 0.25) is 0 Å². The van der Waals surface area contributed by atoms with Crippen LogP contribution in [0, 0.1) is 0 Å². The standard InChI is InChI=1S/C20H26BrN5O2S/c1-2-26-17(12-22-19(28)15-10-6-7-11-16(15)21)24-25-20(26)29-13-18(27)23-14-8-4-3-5-9-14/h6-7,10-11,14H,2-5,8-9,12-13H2,1H3,(H,22,28)(H,23,27). The lowest BCUT2D eigenvalue weighted by molar-refractivity contribution is -0.119. The second kappa shape index (κ2) is 10.8. The summed E-state index contributed by atoms with van der Waals surface area (Å²) in [6.07, 6.45) is 5.79. The van der Waals surface area contributed by atoms with Crippen molar-refractivity contribution in [3.63, 3.8) is 0 Å². The third-order valence-electron chi connectivity index (χ3n) is 4.94. The summed E-state index contributed by atoms with van der Waals surface area (Å²) in [5.74, 6) is 0.849. The molecule has 1 aliphatic carbocycles. The summed E-state index contributed by atoms with van der Waals surface area (Å²) in [5.41, 5.74) is 0.573. The van der Waals surface area contributed by atoms with Crippen LogP contribution in [0.25, 0.3) is 0 Å². The Morgan fingerprint density at radius 2 is 1.97 bits per heavy atom. The Kier molecular flexibility index (Phi) is 8.11. The molecule has 0 spiro atoms. The van der Waals surface area contributed by atoms with Crippen LogP contribution in [0.4, 0.5) is 0 Å². The molecular formula is C20H26BrN5O2S. The zero-order valence-corrected chi connectivity index (χ0v) is 18.9. The van der Waals surface area contributed by atoms with Crippen molar-refractivity contribution < 1.29 is 9.59 Å². The van der Waals surface area contributed by atoms with Gasteiger partial charge < -0.3 is 15.2 Å². The van der Waals surface area contributed by atoms with E-state index in [2.05, 4.69) is 36.8 Å². The van der Waals surface area contributed by atoms with Crippen molar-refractivity contribution in [3.8, 4) is 0 Å². The van der Waals surface area contributed by atoms with E-state index in [4.69, 9.17) is 0 Å². The molecule has 1 aromatic heterocycles. The van der Waals surface area contributed by atoms with Crippen LogP contribution in [-0.4, -0.2) is 38.4 Å². The molecule has 1 fully saturated rings. The number of carbonyl (C=O) groups is 2. The first kappa shape index (κ1) is 21.8. The Morgan fingerprint density at radius 1 is 1.21 bits per heavy atom. The van der Waals surface area contributed by atoms with Gasteiger partial charge in [-0.15, -0.1) is 10.2 Å². The molecule has 0 aliphatic heterocycles. The molecule has 7 nitrogen and oxygen atoms in total. The van der Waals surface area contributed by atoms with Gasteiger partial charge >= 0.3 is 0 Å². The summed E-state index contributed by atoms with van der Waals surface area (Å²) in [6, 6.07) is 7.58. The van der Waals surface area contributed by atoms with Gasteiger partial charge in [-0.3, -0.25) is 9.59 Å². The number of hydrogen-bond donors (Lipinski definition) is 2. The number of benzene rings is 1. The quantitative estimate of drug-likeness (QED) is 0.565. The lowest BCUT2D eigenvalue weighted by atomic mass is 9.95. The van der Waals surface area contributed by atoms with E-state index in [0.29, 0.717) is 34.9 Å². The predicted octanol–water partition coefficient (Wildman–Crippen LogP) is 3.53. The Morgan fingerprint density at radius 3 is 2.69 bits per heavy atom. The molecule has 1 aromatic carbocycles. The summed E-state index contributed by atoms with van der Waals surface area (Å²) < 4.78 is 2.67. The Hall–Kier alpha value is -1.87. The first-order valence-electron chi connectivity index (χ1n) is 9.95. The molecule has 3 rings (SSSR count). The van der Waals surface area contributed by atoms with Gasteiger partial charge in [-0.2, -0.15) is 0 Å². The fourth-order valence-electron chi connectivity index (χ4n) is 3.42. The maximum Gasteiger partial charge on any atom is 0.252 e. The first-order valence-corrected chi connectivity index (χ1v) is 11.7. The number of thioether (sulfide) groups is 1.